The molecule has 32 heavy (non-hydrogen) atoms. The highest BCUT2D eigenvalue weighted by Gasteiger charge is 2.42. The van der Waals surface area contributed by atoms with E-state index in [2.05, 4.69) is 10.2 Å². The molecule has 8 nitrogen and oxygen atoms in total. The number of aromatic nitrogens is 2. The fourth-order valence-corrected chi connectivity index (χ4v) is 4.43. The Morgan fingerprint density at radius 1 is 1.16 bits per heavy atom. The standard InChI is InChI=1S/C24H27N3O5/c1-4-32-18-12-15(6-7-16(18)29)23-20-21(19-14(3)10-13(2)11-17(19)30)25-26-22(20)24(31)27(23)8-5-9-28/h6-7,10-12,23,28-30H,4-5,8-9H2,1-3H3,(H,25,26). The fourth-order valence-electron chi connectivity index (χ4n) is 4.43. The van der Waals surface area contributed by atoms with Gasteiger partial charge in [0.2, 0.25) is 0 Å². The number of aliphatic hydroxyl groups excluding tert-OH is 1. The molecule has 0 spiro atoms. The molecular weight excluding hydrogens is 410 g/mol. The molecule has 1 aliphatic heterocycles. The molecule has 1 atom stereocenters. The van der Waals surface area contributed by atoms with E-state index in [0.717, 1.165) is 16.7 Å². The quantitative estimate of drug-likeness (QED) is 0.450. The van der Waals surface area contributed by atoms with E-state index in [1.807, 2.05) is 26.8 Å². The van der Waals surface area contributed by atoms with Crippen LogP contribution in [0.3, 0.4) is 0 Å². The number of fused-ring (bicyclic) bond motifs is 1. The maximum absolute atomic E-state index is 13.3. The van der Waals surface area contributed by atoms with Crippen LogP contribution in [0, 0.1) is 13.8 Å². The Morgan fingerprint density at radius 2 is 1.94 bits per heavy atom. The van der Waals surface area contributed by atoms with Crippen LogP contribution in [0.25, 0.3) is 11.3 Å². The second kappa shape index (κ2) is 8.55. The Labute approximate surface area is 186 Å². The highest BCUT2D eigenvalue weighted by atomic mass is 16.5. The Morgan fingerprint density at radius 3 is 2.62 bits per heavy atom. The molecule has 1 amide bonds. The molecule has 8 heteroatoms. The molecule has 0 bridgehead atoms. The number of benzene rings is 2. The number of aryl methyl sites for hydroxylation is 2. The molecule has 0 fully saturated rings. The number of aromatic amines is 1. The van der Waals surface area contributed by atoms with Crippen molar-refractivity contribution >= 4 is 5.91 Å². The smallest absolute Gasteiger partial charge is 0.273 e. The second-order valence-corrected chi connectivity index (χ2v) is 7.98. The third-order valence-electron chi connectivity index (χ3n) is 5.72. The highest BCUT2D eigenvalue weighted by molar-refractivity contribution is 6.00. The lowest BCUT2D eigenvalue weighted by Gasteiger charge is -2.27. The predicted octanol–water partition coefficient (Wildman–Crippen LogP) is 3.43. The van der Waals surface area contributed by atoms with Gasteiger partial charge in [0.15, 0.2) is 11.5 Å². The number of aromatic hydroxyl groups is 2. The molecule has 3 aromatic rings. The Balaban J connectivity index is 1.91. The van der Waals surface area contributed by atoms with Crippen LogP contribution in [0.1, 0.15) is 52.1 Å². The molecule has 1 aliphatic rings. The first kappa shape index (κ1) is 21.7. The summed E-state index contributed by atoms with van der Waals surface area (Å²) in [6.45, 7) is 6.30. The van der Waals surface area contributed by atoms with Gasteiger partial charge in [0.25, 0.3) is 5.91 Å². The summed E-state index contributed by atoms with van der Waals surface area (Å²) in [5, 5.41) is 37.5. The molecular formula is C24H27N3O5. The fraction of sp³-hybridized carbons (Fsp3) is 0.333. The van der Waals surface area contributed by atoms with Crippen LogP contribution in [-0.2, 0) is 0 Å². The highest BCUT2D eigenvalue weighted by Crippen LogP contribution is 2.46. The van der Waals surface area contributed by atoms with Crippen molar-refractivity contribution in [2.75, 3.05) is 19.8 Å². The lowest BCUT2D eigenvalue weighted by atomic mass is 9.93. The van der Waals surface area contributed by atoms with E-state index in [9.17, 15) is 20.1 Å². The Hall–Kier alpha value is -3.52. The van der Waals surface area contributed by atoms with Gasteiger partial charge in [-0.05, 0) is 62.1 Å². The van der Waals surface area contributed by atoms with E-state index >= 15 is 0 Å². The average molecular weight is 437 g/mol. The normalized spacial score (nSPS) is 15.3. The van der Waals surface area contributed by atoms with Gasteiger partial charge in [-0.15, -0.1) is 0 Å². The van der Waals surface area contributed by atoms with Crippen molar-refractivity contribution in [1.82, 2.24) is 15.1 Å². The molecule has 168 valence electrons. The maximum atomic E-state index is 13.3. The van der Waals surface area contributed by atoms with E-state index in [1.54, 1.807) is 29.2 Å². The van der Waals surface area contributed by atoms with Crippen LogP contribution >= 0.6 is 0 Å². The molecule has 0 radical (unpaired) electrons. The number of phenols is 2. The molecule has 1 aromatic heterocycles. The molecule has 2 heterocycles. The van der Waals surface area contributed by atoms with E-state index in [4.69, 9.17) is 4.74 Å². The van der Waals surface area contributed by atoms with Crippen molar-refractivity contribution in [2.45, 2.75) is 33.2 Å². The van der Waals surface area contributed by atoms with Crippen molar-refractivity contribution in [3.63, 3.8) is 0 Å². The number of carbonyl (C=O) groups excluding carboxylic acids is 1. The summed E-state index contributed by atoms with van der Waals surface area (Å²) < 4.78 is 5.56. The molecule has 1 unspecified atom stereocenters. The zero-order valence-corrected chi connectivity index (χ0v) is 18.3. The SMILES string of the molecule is CCOc1cc(C2c3c(-c4c(C)cc(C)cc4O)n[nH]c3C(=O)N2CCCO)ccc1O. The largest absolute Gasteiger partial charge is 0.507 e. The summed E-state index contributed by atoms with van der Waals surface area (Å²) in [5.41, 5.74) is 4.59. The van der Waals surface area contributed by atoms with Gasteiger partial charge in [0.05, 0.1) is 12.6 Å². The summed E-state index contributed by atoms with van der Waals surface area (Å²) in [5.74, 6) is 0.207. The average Bonchev–Trinajstić information content (AvgIpc) is 3.27. The predicted molar refractivity (Wildman–Crippen MR) is 119 cm³/mol. The number of ether oxygens (including phenoxy) is 1. The first-order chi connectivity index (χ1) is 15.4. The van der Waals surface area contributed by atoms with E-state index in [0.29, 0.717) is 47.8 Å². The number of rotatable bonds is 7. The van der Waals surface area contributed by atoms with Crippen molar-refractivity contribution in [2.24, 2.45) is 0 Å². The van der Waals surface area contributed by atoms with Gasteiger partial charge in [-0.2, -0.15) is 5.10 Å². The van der Waals surface area contributed by atoms with Gasteiger partial charge in [-0.25, -0.2) is 0 Å². The number of nitrogens with one attached hydrogen (secondary N) is 1. The van der Waals surface area contributed by atoms with Crippen LogP contribution in [0.2, 0.25) is 0 Å². The van der Waals surface area contributed by atoms with E-state index < -0.39 is 6.04 Å². The molecule has 4 rings (SSSR count). The number of phenolic OH excluding ortho intramolecular Hbond substituents is 2. The van der Waals surface area contributed by atoms with Gasteiger partial charge in [-0.3, -0.25) is 9.89 Å². The van der Waals surface area contributed by atoms with Crippen molar-refractivity contribution in [1.29, 1.82) is 0 Å². The van der Waals surface area contributed by atoms with Gasteiger partial charge >= 0.3 is 0 Å². The molecule has 0 saturated heterocycles. The maximum Gasteiger partial charge on any atom is 0.273 e. The minimum absolute atomic E-state index is 0.0153. The van der Waals surface area contributed by atoms with Crippen LogP contribution in [0.5, 0.6) is 17.2 Å². The zero-order chi connectivity index (χ0) is 23.0. The van der Waals surface area contributed by atoms with Crippen molar-refractivity contribution in [3.8, 4) is 28.5 Å². The zero-order valence-electron chi connectivity index (χ0n) is 18.3. The summed E-state index contributed by atoms with van der Waals surface area (Å²) in [4.78, 5) is 14.9. The van der Waals surface area contributed by atoms with Crippen molar-refractivity contribution < 1.29 is 24.9 Å². The third kappa shape index (κ3) is 3.56. The van der Waals surface area contributed by atoms with Crippen LogP contribution in [0.15, 0.2) is 30.3 Å². The van der Waals surface area contributed by atoms with E-state index in [1.165, 1.54) is 0 Å². The Kier molecular flexibility index (Phi) is 5.80. The number of carbonyl (C=O) groups is 1. The Bertz CT molecular complexity index is 1150. The number of aliphatic hydroxyl groups is 1. The topological polar surface area (TPSA) is 119 Å². The summed E-state index contributed by atoms with van der Waals surface area (Å²) in [7, 11) is 0. The number of H-pyrrole nitrogens is 1. The van der Waals surface area contributed by atoms with E-state index in [-0.39, 0.29) is 24.0 Å². The first-order valence-corrected chi connectivity index (χ1v) is 10.6. The second-order valence-electron chi connectivity index (χ2n) is 7.98. The molecule has 0 saturated carbocycles. The lowest BCUT2D eigenvalue weighted by molar-refractivity contribution is 0.0732. The lowest BCUT2D eigenvalue weighted by Crippen LogP contribution is -2.31. The first-order valence-electron chi connectivity index (χ1n) is 10.6. The number of hydrogen-bond donors (Lipinski definition) is 4. The summed E-state index contributed by atoms with van der Waals surface area (Å²) in [6, 6.07) is 8.12. The monoisotopic (exact) mass is 437 g/mol. The minimum Gasteiger partial charge on any atom is -0.507 e. The number of hydrogen-bond acceptors (Lipinski definition) is 6. The van der Waals surface area contributed by atoms with Gasteiger partial charge < -0.3 is 25.0 Å². The minimum atomic E-state index is -0.516. The molecule has 4 N–H and O–H groups in total. The third-order valence-corrected chi connectivity index (χ3v) is 5.72. The van der Waals surface area contributed by atoms with Gasteiger partial charge in [0.1, 0.15) is 17.1 Å². The summed E-state index contributed by atoms with van der Waals surface area (Å²) >= 11 is 0. The number of amides is 1. The van der Waals surface area contributed by atoms with Gasteiger partial charge in [0, 0.05) is 24.3 Å². The summed E-state index contributed by atoms with van der Waals surface area (Å²) in [6.07, 6.45) is 0.417. The van der Waals surface area contributed by atoms with Crippen molar-refractivity contribution in [3.05, 3.63) is 58.3 Å². The van der Waals surface area contributed by atoms with Gasteiger partial charge in [-0.1, -0.05) is 12.1 Å². The molecule has 0 aliphatic carbocycles. The van der Waals surface area contributed by atoms with Crippen LogP contribution in [-0.4, -0.2) is 56.1 Å². The van der Waals surface area contributed by atoms with Crippen LogP contribution in [0.4, 0.5) is 0 Å². The number of nitrogens with zero attached hydrogens (tertiary/aromatic N) is 2. The molecule has 2 aromatic carbocycles. The van der Waals surface area contributed by atoms with Crippen LogP contribution < -0.4 is 4.74 Å².